The maximum absolute atomic E-state index is 11.9. The van der Waals surface area contributed by atoms with Gasteiger partial charge in [0.05, 0.1) is 21.3 Å². The predicted molar refractivity (Wildman–Crippen MR) is 147 cm³/mol. The van der Waals surface area contributed by atoms with Crippen molar-refractivity contribution in [1.29, 1.82) is 0 Å². The van der Waals surface area contributed by atoms with Crippen molar-refractivity contribution in [3.63, 3.8) is 0 Å². The predicted octanol–water partition coefficient (Wildman–Crippen LogP) is 5.75. The number of unbranched alkanes of at least 4 members (excludes halogenated alkanes) is 2. The zero-order chi connectivity index (χ0) is 27.8. The van der Waals surface area contributed by atoms with E-state index in [9.17, 15) is 20.4 Å². The summed E-state index contributed by atoms with van der Waals surface area (Å²) in [5.74, 6) is 0.517. The van der Waals surface area contributed by atoms with Gasteiger partial charge in [-0.15, -0.1) is 0 Å². The molecule has 208 valence electrons. The van der Waals surface area contributed by atoms with Gasteiger partial charge >= 0.3 is 0 Å². The minimum atomic E-state index is -0.988. The first kappa shape index (κ1) is 26.8. The van der Waals surface area contributed by atoms with E-state index >= 15 is 0 Å². The molecule has 0 saturated carbocycles. The third kappa shape index (κ3) is 4.46. The number of rotatable bonds is 8. The average Bonchev–Trinajstić information content (AvgIpc) is 2.93. The topological polar surface area (TPSA) is 118 Å². The number of phenols is 3. The van der Waals surface area contributed by atoms with E-state index in [4.69, 9.17) is 18.9 Å². The van der Waals surface area contributed by atoms with E-state index in [2.05, 4.69) is 6.92 Å². The minimum absolute atomic E-state index is 0.103. The molecule has 0 bridgehead atoms. The van der Waals surface area contributed by atoms with Gasteiger partial charge in [0.25, 0.3) is 0 Å². The van der Waals surface area contributed by atoms with Crippen molar-refractivity contribution >= 4 is 0 Å². The molecule has 39 heavy (non-hydrogen) atoms. The van der Waals surface area contributed by atoms with Crippen LogP contribution in [0.5, 0.6) is 40.2 Å². The number of aliphatic hydroxyl groups excluding tert-OH is 1. The SMILES string of the molecule is CCCCC[C@@H]1c2c(cc(OC)c3c2CCc2cc(O)ccc2-3)O[C@@H](c2cc(OC)c(O)c(OC)c2O)[C@@H]1O. The standard InChI is InChI=1S/C31H36O8/c1-5-6-7-8-20-26-19-11-9-16-13-17(32)10-12-18(16)25(19)22(36-2)15-23(26)39-30(27(20)33)21-14-24(37-3)29(35)31(38-4)28(21)34/h10,12-15,20,27,30,32-35H,5-9,11H2,1-4H3/t20-,27-,30+/m1/s1. The second-order valence-corrected chi connectivity index (χ2v) is 10.2. The molecule has 8 heteroatoms. The van der Waals surface area contributed by atoms with Gasteiger partial charge in [-0.3, -0.25) is 0 Å². The van der Waals surface area contributed by atoms with Crippen LogP contribution in [0.4, 0.5) is 0 Å². The molecule has 3 atom stereocenters. The minimum Gasteiger partial charge on any atom is -0.508 e. The summed E-state index contributed by atoms with van der Waals surface area (Å²) in [6, 6.07) is 8.73. The number of phenolic OH excluding ortho intramolecular Hbond substituents is 3. The Kier molecular flexibility index (Phi) is 7.40. The Morgan fingerprint density at radius 1 is 0.897 bits per heavy atom. The molecule has 1 aliphatic heterocycles. The lowest BCUT2D eigenvalue weighted by molar-refractivity contribution is -0.00466. The smallest absolute Gasteiger partial charge is 0.207 e. The molecule has 8 nitrogen and oxygen atoms in total. The number of hydrogen-bond acceptors (Lipinski definition) is 8. The fourth-order valence-corrected chi connectivity index (χ4v) is 6.18. The molecular weight excluding hydrogens is 500 g/mol. The number of aromatic hydroxyl groups is 3. The van der Waals surface area contributed by atoms with Crippen molar-refractivity contribution < 1.29 is 39.4 Å². The second kappa shape index (κ2) is 10.8. The van der Waals surface area contributed by atoms with E-state index in [1.807, 2.05) is 12.1 Å². The van der Waals surface area contributed by atoms with E-state index in [-0.39, 0.29) is 40.2 Å². The van der Waals surface area contributed by atoms with Crippen molar-refractivity contribution in [3.05, 3.63) is 52.6 Å². The number of hydrogen-bond donors (Lipinski definition) is 4. The fraction of sp³-hybridized carbons (Fsp3) is 0.419. The van der Waals surface area contributed by atoms with Gasteiger partial charge in [-0.05, 0) is 54.2 Å². The van der Waals surface area contributed by atoms with E-state index in [1.54, 1.807) is 19.2 Å². The molecule has 4 N–H and O–H groups in total. The van der Waals surface area contributed by atoms with Gasteiger partial charge in [0, 0.05) is 28.7 Å². The number of benzene rings is 3. The van der Waals surface area contributed by atoms with Crippen LogP contribution >= 0.6 is 0 Å². The Bertz CT molecular complexity index is 1380. The molecule has 0 radical (unpaired) electrons. The van der Waals surface area contributed by atoms with Crippen molar-refractivity contribution in [1.82, 2.24) is 0 Å². The third-order valence-electron chi connectivity index (χ3n) is 8.04. The van der Waals surface area contributed by atoms with Crippen molar-refractivity contribution in [2.45, 2.75) is 63.6 Å². The molecule has 0 amide bonds. The Morgan fingerprint density at radius 3 is 2.36 bits per heavy atom. The average molecular weight is 537 g/mol. The summed E-state index contributed by atoms with van der Waals surface area (Å²) in [6.07, 6.45) is 3.24. The summed E-state index contributed by atoms with van der Waals surface area (Å²) >= 11 is 0. The lowest BCUT2D eigenvalue weighted by Crippen LogP contribution is -2.36. The molecular formula is C31H36O8. The van der Waals surface area contributed by atoms with E-state index in [1.165, 1.54) is 20.3 Å². The molecule has 1 aliphatic carbocycles. The summed E-state index contributed by atoms with van der Waals surface area (Å²) in [5, 5.41) is 43.4. The van der Waals surface area contributed by atoms with Crippen LogP contribution in [-0.2, 0) is 12.8 Å². The fourth-order valence-electron chi connectivity index (χ4n) is 6.18. The van der Waals surface area contributed by atoms with Crippen molar-refractivity contribution in [2.75, 3.05) is 21.3 Å². The van der Waals surface area contributed by atoms with Crippen molar-refractivity contribution in [2.24, 2.45) is 0 Å². The molecule has 0 aromatic heterocycles. The van der Waals surface area contributed by atoms with Gasteiger partial charge in [0.1, 0.15) is 23.4 Å². The molecule has 5 rings (SSSR count). The normalized spacial score (nSPS) is 19.4. The highest BCUT2D eigenvalue weighted by Gasteiger charge is 2.43. The molecule has 0 saturated heterocycles. The lowest BCUT2D eigenvalue weighted by Gasteiger charge is -2.40. The maximum Gasteiger partial charge on any atom is 0.207 e. The summed E-state index contributed by atoms with van der Waals surface area (Å²) in [6.45, 7) is 2.14. The van der Waals surface area contributed by atoms with Crippen LogP contribution in [-0.4, -0.2) is 47.9 Å². The summed E-state index contributed by atoms with van der Waals surface area (Å²) in [5.41, 5.74) is 5.31. The first-order chi connectivity index (χ1) is 18.8. The van der Waals surface area contributed by atoms with Crippen LogP contribution in [0.3, 0.4) is 0 Å². The van der Waals surface area contributed by atoms with Crippen LogP contribution in [0, 0.1) is 0 Å². The van der Waals surface area contributed by atoms with Gasteiger partial charge in [-0.1, -0.05) is 32.3 Å². The number of fused-ring (bicyclic) bond motifs is 5. The number of ether oxygens (including phenoxy) is 4. The Hall–Kier alpha value is -3.78. The van der Waals surface area contributed by atoms with Gasteiger partial charge in [-0.25, -0.2) is 0 Å². The van der Waals surface area contributed by atoms with Gasteiger partial charge < -0.3 is 39.4 Å². The Morgan fingerprint density at radius 2 is 1.67 bits per heavy atom. The molecule has 0 fully saturated rings. The second-order valence-electron chi connectivity index (χ2n) is 10.2. The Balaban J connectivity index is 1.70. The zero-order valence-electron chi connectivity index (χ0n) is 22.8. The number of aryl methyl sites for hydroxylation is 1. The third-order valence-corrected chi connectivity index (χ3v) is 8.04. The summed E-state index contributed by atoms with van der Waals surface area (Å²) in [7, 11) is 4.37. The molecule has 2 aliphatic rings. The molecule has 1 heterocycles. The first-order valence-electron chi connectivity index (χ1n) is 13.4. The van der Waals surface area contributed by atoms with Crippen LogP contribution in [0.1, 0.15) is 66.9 Å². The van der Waals surface area contributed by atoms with Gasteiger partial charge in [0.2, 0.25) is 11.5 Å². The highest BCUT2D eigenvalue weighted by Crippen LogP contribution is 2.56. The molecule has 0 unspecified atom stereocenters. The Labute approximate surface area is 228 Å². The van der Waals surface area contributed by atoms with Crippen LogP contribution in [0.15, 0.2) is 30.3 Å². The first-order valence-corrected chi connectivity index (χ1v) is 13.4. The quantitative estimate of drug-likeness (QED) is 0.269. The van der Waals surface area contributed by atoms with Crippen LogP contribution in [0.25, 0.3) is 11.1 Å². The lowest BCUT2D eigenvalue weighted by atomic mass is 9.74. The number of methoxy groups -OCH3 is 3. The van der Waals surface area contributed by atoms with Gasteiger partial charge in [0.15, 0.2) is 17.6 Å². The molecule has 3 aromatic rings. The summed E-state index contributed by atoms with van der Waals surface area (Å²) < 4.78 is 22.9. The highest BCUT2D eigenvalue weighted by molar-refractivity contribution is 5.82. The molecule has 0 spiro atoms. The monoisotopic (exact) mass is 536 g/mol. The number of aliphatic hydroxyl groups is 1. The van der Waals surface area contributed by atoms with Crippen molar-refractivity contribution in [3.8, 4) is 51.4 Å². The van der Waals surface area contributed by atoms with E-state index in [0.717, 1.165) is 59.9 Å². The van der Waals surface area contributed by atoms with E-state index < -0.39 is 12.2 Å². The van der Waals surface area contributed by atoms with Crippen LogP contribution < -0.4 is 18.9 Å². The largest absolute Gasteiger partial charge is 0.508 e. The van der Waals surface area contributed by atoms with Crippen LogP contribution in [0.2, 0.25) is 0 Å². The highest BCUT2D eigenvalue weighted by atomic mass is 16.5. The molecule has 3 aromatic carbocycles. The maximum atomic E-state index is 11.9. The van der Waals surface area contributed by atoms with E-state index in [0.29, 0.717) is 17.9 Å². The summed E-state index contributed by atoms with van der Waals surface area (Å²) in [4.78, 5) is 0. The van der Waals surface area contributed by atoms with Gasteiger partial charge in [-0.2, -0.15) is 0 Å². The zero-order valence-corrected chi connectivity index (χ0v) is 22.8.